The Morgan fingerprint density at radius 3 is 1.19 bits per heavy atom. The Hall–Kier alpha value is -2.67. The first-order valence-corrected chi connectivity index (χ1v) is 8.49. The fourth-order valence-corrected chi connectivity index (χ4v) is 2.94. The van der Waals surface area contributed by atoms with E-state index in [4.69, 9.17) is 0 Å². The molecule has 0 radical (unpaired) electrons. The summed E-state index contributed by atoms with van der Waals surface area (Å²) >= 11 is 0. The minimum atomic E-state index is -0.189. The van der Waals surface area contributed by atoms with Crippen molar-refractivity contribution in [2.75, 3.05) is 0 Å². The molecule has 0 saturated carbocycles. The molecule has 4 aromatic rings. The third kappa shape index (κ3) is 5.76. The van der Waals surface area contributed by atoms with Crippen LogP contribution < -0.4 is 37.2 Å². The number of hydrogen-bond acceptors (Lipinski definition) is 6. The molecule has 0 aliphatic carbocycles. The molecule has 0 spiro atoms. The average Bonchev–Trinajstić information content (AvgIpc) is 2.72. The van der Waals surface area contributed by atoms with Gasteiger partial charge in [0.05, 0.1) is 11.4 Å². The van der Waals surface area contributed by atoms with Gasteiger partial charge in [0.2, 0.25) is 0 Å². The van der Waals surface area contributed by atoms with Gasteiger partial charge in [-0.05, 0) is 24.3 Å². The minimum absolute atomic E-state index is 0. The molecule has 0 saturated heterocycles. The fourth-order valence-electron chi connectivity index (χ4n) is 2.94. The van der Waals surface area contributed by atoms with Gasteiger partial charge in [-0.15, -0.1) is 0 Å². The predicted molar refractivity (Wildman–Crippen MR) is 105 cm³/mol. The Balaban J connectivity index is 0.00000240. The number of para-hydroxylation sites is 2. The van der Waals surface area contributed by atoms with E-state index < -0.39 is 0 Å². The summed E-state index contributed by atoms with van der Waals surface area (Å²) in [6, 6.07) is 16.6. The zero-order valence-corrected chi connectivity index (χ0v) is 19.6. The van der Waals surface area contributed by atoms with Crippen molar-refractivity contribution in [2.45, 2.75) is 0 Å². The second-order valence-corrected chi connectivity index (χ2v) is 6.21. The summed E-state index contributed by atoms with van der Waals surface area (Å²) in [4.78, 5) is 8.77. The SMILES string of the molecule is Oc1cccc(-c2ccc(-c3ccc(-c4cccc(O)c4O)cn3)nc2)c1O.[Cl-].[Cl-].[Cl-].[Mn+3]. The van der Waals surface area contributed by atoms with Crippen LogP contribution in [-0.4, -0.2) is 30.4 Å². The number of nitrogens with zero attached hydrogens (tertiary/aromatic N) is 2. The number of halogens is 3. The molecule has 0 atom stereocenters. The number of phenols is 4. The number of pyridine rings is 2. The first-order chi connectivity index (χ1) is 13.5. The normalized spacial score (nSPS) is 9.38. The van der Waals surface area contributed by atoms with Crippen LogP contribution >= 0.6 is 0 Å². The molecule has 4 N–H and O–H groups in total. The molecular formula is C22H16Cl3MnN2O4. The van der Waals surface area contributed by atoms with E-state index in [1.165, 1.54) is 12.1 Å². The molecule has 32 heavy (non-hydrogen) atoms. The Bertz CT molecular complexity index is 1070. The summed E-state index contributed by atoms with van der Waals surface area (Å²) in [7, 11) is 0. The molecule has 4 rings (SSSR count). The van der Waals surface area contributed by atoms with Crippen LogP contribution in [-0.2, 0) is 17.1 Å². The van der Waals surface area contributed by atoms with E-state index in [1.54, 1.807) is 60.9 Å². The van der Waals surface area contributed by atoms with E-state index >= 15 is 0 Å². The molecule has 0 bridgehead atoms. The summed E-state index contributed by atoms with van der Waals surface area (Å²) < 4.78 is 0. The van der Waals surface area contributed by atoms with Gasteiger partial charge in [-0.25, -0.2) is 0 Å². The minimum Gasteiger partial charge on any atom is -1.00 e. The third-order valence-corrected chi connectivity index (χ3v) is 4.44. The van der Waals surface area contributed by atoms with Crippen LogP contribution in [0.3, 0.4) is 0 Å². The van der Waals surface area contributed by atoms with Crippen LogP contribution in [0.1, 0.15) is 0 Å². The fraction of sp³-hybridized carbons (Fsp3) is 0. The van der Waals surface area contributed by atoms with E-state index in [-0.39, 0.29) is 77.3 Å². The van der Waals surface area contributed by atoms with Crippen LogP contribution in [0.4, 0.5) is 0 Å². The van der Waals surface area contributed by atoms with Crippen LogP contribution in [0.2, 0.25) is 0 Å². The van der Waals surface area contributed by atoms with E-state index in [9.17, 15) is 20.4 Å². The largest absolute Gasteiger partial charge is 3.00 e. The molecule has 6 nitrogen and oxygen atoms in total. The van der Waals surface area contributed by atoms with Crippen molar-refractivity contribution < 1.29 is 74.7 Å². The second kappa shape index (κ2) is 12.4. The average molecular weight is 534 g/mol. The molecule has 166 valence electrons. The number of aromatic nitrogens is 2. The zero-order chi connectivity index (χ0) is 19.7. The standard InChI is InChI=1S/C22H16N2O4.3ClH.Mn/c25-19-5-1-3-15(21(19)27)13-7-9-17(23-11-13)18-10-8-14(12-24-18)16-4-2-6-20(26)22(16)28;;;;/h1-12,25-28H;3*1H;/q;;;;+3/p-3. The Morgan fingerprint density at radius 1 is 0.500 bits per heavy atom. The van der Waals surface area contributed by atoms with Crippen molar-refractivity contribution in [2.24, 2.45) is 0 Å². The number of rotatable bonds is 3. The number of aromatic hydroxyl groups is 4. The molecule has 10 heteroatoms. The van der Waals surface area contributed by atoms with E-state index in [2.05, 4.69) is 9.97 Å². The number of benzene rings is 2. The van der Waals surface area contributed by atoms with Crippen LogP contribution in [0, 0.1) is 0 Å². The van der Waals surface area contributed by atoms with Crippen LogP contribution in [0.15, 0.2) is 73.1 Å². The van der Waals surface area contributed by atoms with Gasteiger partial charge >= 0.3 is 17.1 Å². The smallest absolute Gasteiger partial charge is 1.00 e. The second-order valence-electron chi connectivity index (χ2n) is 6.21. The number of phenolic OH excluding ortho intramolecular Hbond substituents is 4. The van der Waals surface area contributed by atoms with Gasteiger partial charge in [0.25, 0.3) is 0 Å². The van der Waals surface area contributed by atoms with E-state index in [0.717, 1.165) is 0 Å². The van der Waals surface area contributed by atoms with Crippen LogP contribution in [0.25, 0.3) is 33.6 Å². The molecule has 0 unspecified atom stereocenters. The summed E-state index contributed by atoms with van der Waals surface area (Å²) in [6.07, 6.45) is 3.20. The van der Waals surface area contributed by atoms with Gasteiger partial charge in [-0.2, -0.15) is 0 Å². The van der Waals surface area contributed by atoms with E-state index in [0.29, 0.717) is 33.6 Å². The van der Waals surface area contributed by atoms with E-state index in [1.807, 2.05) is 0 Å². The first kappa shape index (κ1) is 29.3. The Morgan fingerprint density at radius 2 is 0.875 bits per heavy atom. The monoisotopic (exact) mass is 532 g/mol. The predicted octanol–water partition coefficient (Wildman–Crippen LogP) is -4.69. The molecule has 2 heterocycles. The third-order valence-electron chi connectivity index (χ3n) is 4.44. The van der Waals surface area contributed by atoms with Gasteiger partial charge in [-0.3, -0.25) is 9.97 Å². The maximum atomic E-state index is 9.99. The number of hydrogen-bond donors (Lipinski definition) is 4. The quantitative estimate of drug-likeness (QED) is 0.156. The first-order valence-electron chi connectivity index (χ1n) is 8.49. The van der Waals surface area contributed by atoms with Gasteiger partial charge in [0, 0.05) is 34.6 Å². The summed E-state index contributed by atoms with van der Waals surface area (Å²) in [5, 5.41) is 39.3. The van der Waals surface area contributed by atoms with Crippen molar-refractivity contribution in [1.29, 1.82) is 0 Å². The maximum absolute atomic E-state index is 9.99. The van der Waals surface area contributed by atoms with Gasteiger partial charge in [0.15, 0.2) is 23.0 Å². The molecule has 2 aromatic carbocycles. The summed E-state index contributed by atoms with van der Waals surface area (Å²) in [5.41, 5.74) is 3.57. The van der Waals surface area contributed by atoms with Crippen molar-refractivity contribution in [3.05, 3.63) is 73.1 Å². The van der Waals surface area contributed by atoms with Gasteiger partial charge < -0.3 is 57.6 Å². The molecular weight excluding hydrogens is 518 g/mol. The maximum Gasteiger partial charge on any atom is 3.00 e. The van der Waals surface area contributed by atoms with Crippen LogP contribution in [0.5, 0.6) is 23.0 Å². The molecule has 0 aliphatic rings. The van der Waals surface area contributed by atoms with Gasteiger partial charge in [-0.1, -0.05) is 36.4 Å². The molecule has 0 aliphatic heterocycles. The molecule has 2 aromatic heterocycles. The van der Waals surface area contributed by atoms with Crippen molar-refractivity contribution >= 4 is 0 Å². The van der Waals surface area contributed by atoms with Crippen molar-refractivity contribution in [3.8, 4) is 56.6 Å². The Kier molecular flexibility index (Phi) is 11.4. The molecule has 0 amide bonds. The van der Waals surface area contributed by atoms with Crippen molar-refractivity contribution in [1.82, 2.24) is 9.97 Å². The van der Waals surface area contributed by atoms with Crippen molar-refractivity contribution in [3.63, 3.8) is 0 Å². The summed E-state index contributed by atoms with van der Waals surface area (Å²) in [5.74, 6) is -0.751. The topological polar surface area (TPSA) is 107 Å². The zero-order valence-electron chi connectivity index (χ0n) is 16.1. The Labute approximate surface area is 213 Å². The van der Waals surface area contributed by atoms with Gasteiger partial charge in [0.1, 0.15) is 0 Å². The molecule has 0 fully saturated rings. The summed E-state index contributed by atoms with van der Waals surface area (Å²) in [6.45, 7) is 0.